The van der Waals surface area contributed by atoms with E-state index in [1.165, 1.54) is 0 Å². The van der Waals surface area contributed by atoms with E-state index in [0.717, 1.165) is 12.8 Å². The summed E-state index contributed by atoms with van der Waals surface area (Å²) in [4.78, 5) is 16.9. The van der Waals surface area contributed by atoms with E-state index in [0.29, 0.717) is 5.76 Å². The van der Waals surface area contributed by atoms with Gasteiger partial charge in [0.15, 0.2) is 0 Å². The Kier molecular flexibility index (Phi) is 2.87. The largest absolute Gasteiger partial charge is 0.427 e. The molecule has 0 aromatic carbocycles. The highest BCUT2D eigenvalue weighted by atomic mass is 31.2. The van der Waals surface area contributed by atoms with Gasteiger partial charge in [0.1, 0.15) is 5.76 Å². The molecule has 0 aliphatic heterocycles. The van der Waals surface area contributed by atoms with Crippen LogP contribution in [0, 0.1) is 0 Å². The zero-order valence-corrected chi connectivity index (χ0v) is 6.29. The van der Waals surface area contributed by atoms with Gasteiger partial charge in [0, 0.05) is 0 Å². The van der Waals surface area contributed by atoms with Crippen LogP contribution >= 0.6 is 8.60 Å². The van der Waals surface area contributed by atoms with Gasteiger partial charge >= 0.3 is 8.60 Å². The Morgan fingerprint density at radius 2 is 2.20 bits per heavy atom. The van der Waals surface area contributed by atoms with Gasteiger partial charge in [0.25, 0.3) is 0 Å². The number of hydrogen-bond acceptors (Lipinski definition) is 3. The molecule has 0 radical (unpaired) electrons. The fourth-order valence-corrected chi connectivity index (χ4v) is 1.08. The van der Waals surface area contributed by atoms with Crippen molar-refractivity contribution in [2.24, 2.45) is 0 Å². The van der Waals surface area contributed by atoms with Crippen LogP contribution in [0.4, 0.5) is 0 Å². The molecule has 2 N–H and O–H groups in total. The first kappa shape index (κ1) is 7.73. The second-order valence-corrected chi connectivity index (χ2v) is 2.62. The highest BCUT2D eigenvalue weighted by Crippen LogP contribution is 2.30. The maximum Gasteiger partial charge on any atom is 0.391 e. The molecule has 0 aromatic heterocycles. The first-order chi connectivity index (χ1) is 4.79. The van der Waals surface area contributed by atoms with E-state index in [1.54, 1.807) is 6.08 Å². The van der Waals surface area contributed by atoms with E-state index in [4.69, 9.17) is 9.79 Å². The lowest BCUT2D eigenvalue weighted by atomic mass is 10.2. The minimum atomic E-state index is -2.24. The lowest BCUT2D eigenvalue weighted by Gasteiger charge is -2.08. The molecule has 10 heavy (non-hydrogen) atoms. The van der Waals surface area contributed by atoms with Gasteiger partial charge in [-0.15, -0.1) is 0 Å². The van der Waals surface area contributed by atoms with Crippen molar-refractivity contribution in [1.29, 1.82) is 0 Å². The summed E-state index contributed by atoms with van der Waals surface area (Å²) in [5.41, 5.74) is 0. The Bertz CT molecular complexity index is 162. The quantitative estimate of drug-likeness (QED) is 0.601. The Morgan fingerprint density at radius 1 is 1.40 bits per heavy atom. The van der Waals surface area contributed by atoms with Gasteiger partial charge in [0.05, 0.1) is 0 Å². The van der Waals surface area contributed by atoms with Gasteiger partial charge in [-0.2, -0.15) is 0 Å². The van der Waals surface area contributed by atoms with Crippen molar-refractivity contribution in [1.82, 2.24) is 0 Å². The molecule has 1 rings (SSSR count). The summed E-state index contributed by atoms with van der Waals surface area (Å²) >= 11 is 0. The normalized spacial score (nSPS) is 17.3. The van der Waals surface area contributed by atoms with Crippen molar-refractivity contribution in [3.63, 3.8) is 0 Å². The zero-order chi connectivity index (χ0) is 7.40. The fourth-order valence-electron chi connectivity index (χ4n) is 0.751. The van der Waals surface area contributed by atoms with E-state index >= 15 is 0 Å². The Morgan fingerprint density at radius 3 is 2.70 bits per heavy atom. The smallest absolute Gasteiger partial charge is 0.391 e. The van der Waals surface area contributed by atoms with Gasteiger partial charge < -0.3 is 14.3 Å². The SMILES string of the molecule is OP(O)OC1=CCCC=C1. The molecule has 1 aliphatic carbocycles. The molecular formula is C6H9O3P. The molecule has 3 nitrogen and oxygen atoms in total. The van der Waals surface area contributed by atoms with Crippen LogP contribution in [0.5, 0.6) is 0 Å². The molecule has 0 unspecified atom stereocenters. The fraction of sp³-hybridized carbons (Fsp3) is 0.333. The van der Waals surface area contributed by atoms with Crippen LogP contribution < -0.4 is 0 Å². The lowest BCUT2D eigenvalue weighted by molar-refractivity contribution is 0.325. The van der Waals surface area contributed by atoms with Crippen LogP contribution in [0.15, 0.2) is 24.0 Å². The first-order valence-corrected chi connectivity index (χ1v) is 4.18. The van der Waals surface area contributed by atoms with E-state index in [2.05, 4.69) is 4.52 Å². The molecular weight excluding hydrogens is 151 g/mol. The average Bonchev–Trinajstić information content (AvgIpc) is 1.88. The molecule has 0 saturated heterocycles. The Hall–Kier alpha value is -0.370. The first-order valence-electron chi connectivity index (χ1n) is 3.01. The molecule has 0 atom stereocenters. The molecule has 0 amide bonds. The van der Waals surface area contributed by atoms with Gasteiger partial charge in [-0.1, -0.05) is 6.08 Å². The highest BCUT2D eigenvalue weighted by Gasteiger charge is 2.03. The van der Waals surface area contributed by atoms with Crippen molar-refractivity contribution < 1.29 is 14.3 Å². The molecule has 56 valence electrons. The number of hydrogen-bond donors (Lipinski definition) is 2. The summed E-state index contributed by atoms with van der Waals surface area (Å²) in [5.74, 6) is 0.558. The molecule has 0 fully saturated rings. The second kappa shape index (κ2) is 3.71. The molecule has 1 aliphatic rings. The van der Waals surface area contributed by atoms with Gasteiger partial charge in [-0.25, -0.2) is 0 Å². The van der Waals surface area contributed by atoms with Gasteiger partial charge in [0.2, 0.25) is 0 Å². The van der Waals surface area contributed by atoms with Crippen LogP contribution in [0.3, 0.4) is 0 Å². The van der Waals surface area contributed by atoms with Crippen molar-refractivity contribution in [3.8, 4) is 0 Å². The van der Waals surface area contributed by atoms with E-state index in [1.807, 2.05) is 12.2 Å². The molecule has 0 aromatic rings. The predicted octanol–water partition coefficient (Wildman–Crippen LogP) is 1.45. The molecule has 0 heterocycles. The summed E-state index contributed by atoms with van der Waals surface area (Å²) in [6, 6.07) is 0. The van der Waals surface area contributed by atoms with Crippen molar-refractivity contribution in [3.05, 3.63) is 24.0 Å². The Labute approximate surface area is 60.6 Å². The third-order valence-corrected chi connectivity index (χ3v) is 1.52. The zero-order valence-electron chi connectivity index (χ0n) is 5.40. The minimum absolute atomic E-state index is 0.558. The second-order valence-electron chi connectivity index (χ2n) is 1.93. The summed E-state index contributed by atoms with van der Waals surface area (Å²) in [7, 11) is -2.24. The van der Waals surface area contributed by atoms with Crippen molar-refractivity contribution in [2.75, 3.05) is 0 Å². The topological polar surface area (TPSA) is 49.7 Å². The number of allylic oxidation sites excluding steroid dienone is 3. The summed E-state index contributed by atoms with van der Waals surface area (Å²) in [6.07, 6.45) is 7.43. The van der Waals surface area contributed by atoms with Crippen LogP contribution in [0.1, 0.15) is 12.8 Å². The van der Waals surface area contributed by atoms with E-state index in [9.17, 15) is 0 Å². The van der Waals surface area contributed by atoms with Crippen LogP contribution in [0.25, 0.3) is 0 Å². The Balaban J connectivity index is 2.40. The lowest BCUT2D eigenvalue weighted by Crippen LogP contribution is -1.87. The van der Waals surface area contributed by atoms with Crippen LogP contribution in [-0.2, 0) is 4.52 Å². The monoisotopic (exact) mass is 160 g/mol. The van der Waals surface area contributed by atoms with Crippen molar-refractivity contribution >= 4 is 8.60 Å². The van der Waals surface area contributed by atoms with Gasteiger partial charge in [-0.3, -0.25) is 0 Å². The molecule has 0 saturated carbocycles. The molecule has 0 bridgehead atoms. The highest BCUT2D eigenvalue weighted by molar-refractivity contribution is 7.39. The summed E-state index contributed by atoms with van der Waals surface area (Å²) < 4.78 is 4.64. The summed E-state index contributed by atoms with van der Waals surface area (Å²) in [5, 5.41) is 0. The van der Waals surface area contributed by atoms with Crippen LogP contribution in [0.2, 0.25) is 0 Å². The molecule has 0 spiro atoms. The maximum absolute atomic E-state index is 8.43. The van der Waals surface area contributed by atoms with E-state index < -0.39 is 8.60 Å². The van der Waals surface area contributed by atoms with E-state index in [-0.39, 0.29) is 0 Å². The number of rotatable bonds is 2. The van der Waals surface area contributed by atoms with Crippen molar-refractivity contribution in [2.45, 2.75) is 12.8 Å². The molecule has 4 heteroatoms. The summed E-state index contributed by atoms with van der Waals surface area (Å²) in [6.45, 7) is 0. The average molecular weight is 160 g/mol. The third-order valence-electron chi connectivity index (χ3n) is 1.15. The maximum atomic E-state index is 8.43. The van der Waals surface area contributed by atoms with Crippen LogP contribution in [-0.4, -0.2) is 9.79 Å². The predicted molar refractivity (Wildman–Crippen MR) is 38.9 cm³/mol. The standard InChI is InChI=1S/C6H9O3P/c7-10(8)9-6-4-2-1-3-5-6/h2,4-5,7-8H,1,3H2. The minimum Gasteiger partial charge on any atom is -0.427 e. The van der Waals surface area contributed by atoms with Gasteiger partial charge in [-0.05, 0) is 25.0 Å². The third kappa shape index (κ3) is 2.48.